The van der Waals surface area contributed by atoms with Crippen LogP contribution in [0.1, 0.15) is 0 Å². The molecule has 0 saturated heterocycles. The van der Waals surface area contributed by atoms with E-state index in [1.165, 1.54) is 12.4 Å². The van der Waals surface area contributed by atoms with Gasteiger partial charge in [-0.15, -0.1) is 4.91 Å². The summed E-state index contributed by atoms with van der Waals surface area (Å²) < 4.78 is 0.365. The Balaban J connectivity index is 3.27. The highest BCUT2D eigenvalue weighted by molar-refractivity contribution is 9.10. The van der Waals surface area contributed by atoms with Crippen molar-refractivity contribution in [2.45, 2.75) is 0 Å². The second-order valence-electron chi connectivity index (χ2n) is 1.58. The molecule has 1 rings (SSSR count). The minimum atomic E-state index is -0.176. The summed E-state index contributed by atoms with van der Waals surface area (Å²) in [5, 5.41) is 11.6. The van der Waals surface area contributed by atoms with Crippen molar-refractivity contribution in [3.63, 3.8) is 0 Å². The number of nitrogens with zero attached hydrogens (tertiary/aromatic N) is 2. The lowest BCUT2D eigenvalue weighted by Crippen LogP contribution is -1.73. The van der Waals surface area contributed by atoms with Crippen LogP contribution in [0.5, 0.6) is 5.75 Å². The Kier molecular flexibility index (Phi) is 1.96. The second kappa shape index (κ2) is 2.74. The molecule has 0 saturated carbocycles. The van der Waals surface area contributed by atoms with E-state index in [2.05, 4.69) is 26.1 Å². The van der Waals surface area contributed by atoms with Crippen molar-refractivity contribution in [3.8, 4) is 5.75 Å². The van der Waals surface area contributed by atoms with Gasteiger partial charge < -0.3 is 5.11 Å². The molecule has 0 unspecified atom stereocenters. The SMILES string of the molecule is O=Nc1cncc(Br)c1O. The van der Waals surface area contributed by atoms with Crippen LogP contribution in [0.15, 0.2) is 22.0 Å². The van der Waals surface area contributed by atoms with Gasteiger partial charge in [0, 0.05) is 6.20 Å². The van der Waals surface area contributed by atoms with Crippen LogP contribution in [0.2, 0.25) is 0 Å². The van der Waals surface area contributed by atoms with Crippen molar-refractivity contribution in [1.29, 1.82) is 0 Å². The smallest absolute Gasteiger partial charge is 0.169 e. The van der Waals surface area contributed by atoms with E-state index in [1.807, 2.05) is 0 Å². The lowest BCUT2D eigenvalue weighted by Gasteiger charge is -1.94. The normalized spacial score (nSPS) is 9.30. The number of halogens is 1. The molecule has 1 N–H and O–H groups in total. The fourth-order valence-corrected chi connectivity index (χ4v) is 0.806. The van der Waals surface area contributed by atoms with Crippen molar-refractivity contribution in [2.75, 3.05) is 0 Å². The average molecular weight is 203 g/mol. The number of aromatic nitrogens is 1. The van der Waals surface area contributed by atoms with E-state index >= 15 is 0 Å². The van der Waals surface area contributed by atoms with E-state index in [-0.39, 0.29) is 11.4 Å². The minimum absolute atomic E-state index is 0.0608. The highest BCUT2D eigenvalue weighted by atomic mass is 79.9. The van der Waals surface area contributed by atoms with Gasteiger partial charge in [0.15, 0.2) is 11.4 Å². The van der Waals surface area contributed by atoms with Crippen molar-refractivity contribution < 1.29 is 5.11 Å². The summed E-state index contributed by atoms with van der Waals surface area (Å²) >= 11 is 2.98. The number of hydrogen-bond acceptors (Lipinski definition) is 4. The summed E-state index contributed by atoms with van der Waals surface area (Å²) in [6, 6.07) is 0. The van der Waals surface area contributed by atoms with Gasteiger partial charge in [-0.1, -0.05) is 0 Å². The predicted molar refractivity (Wildman–Crippen MR) is 39.1 cm³/mol. The maximum atomic E-state index is 9.91. The molecule has 0 spiro atoms. The Hall–Kier alpha value is -0.970. The van der Waals surface area contributed by atoms with Gasteiger partial charge in [-0.2, -0.15) is 0 Å². The molecule has 1 aromatic heterocycles. The number of hydrogen-bond donors (Lipinski definition) is 1. The van der Waals surface area contributed by atoms with Crippen LogP contribution < -0.4 is 0 Å². The summed E-state index contributed by atoms with van der Waals surface area (Å²) in [4.78, 5) is 13.5. The zero-order chi connectivity index (χ0) is 7.56. The molecule has 1 heterocycles. The number of pyridine rings is 1. The second-order valence-corrected chi connectivity index (χ2v) is 2.43. The van der Waals surface area contributed by atoms with Gasteiger partial charge in [0.25, 0.3) is 0 Å². The third-order valence-corrected chi connectivity index (χ3v) is 1.53. The first-order valence-electron chi connectivity index (χ1n) is 2.41. The summed E-state index contributed by atoms with van der Waals surface area (Å²) in [6.07, 6.45) is 2.57. The predicted octanol–water partition coefficient (Wildman–Crippen LogP) is 1.95. The van der Waals surface area contributed by atoms with E-state index < -0.39 is 0 Å². The van der Waals surface area contributed by atoms with Gasteiger partial charge in [-0.3, -0.25) is 4.98 Å². The van der Waals surface area contributed by atoms with Crippen molar-refractivity contribution in [1.82, 2.24) is 4.98 Å². The topological polar surface area (TPSA) is 62.5 Å². The zero-order valence-electron chi connectivity index (χ0n) is 4.78. The first-order chi connectivity index (χ1) is 4.75. The third-order valence-electron chi connectivity index (χ3n) is 0.952. The number of rotatable bonds is 1. The molecule has 4 nitrogen and oxygen atoms in total. The van der Waals surface area contributed by atoms with Gasteiger partial charge in [0.1, 0.15) is 0 Å². The van der Waals surface area contributed by atoms with Gasteiger partial charge in [0.05, 0.1) is 10.7 Å². The Morgan fingerprint density at radius 2 is 2.30 bits per heavy atom. The first kappa shape index (κ1) is 7.14. The monoisotopic (exact) mass is 202 g/mol. The maximum Gasteiger partial charge on any atom is 0.169 e. The number of aromatic hydroxyl groups is 1. The van der Waals surface area contributed by atoms with E-state index in [1.54, 1.807) is 0 Å². The first-order valence-corrected chi connectivity index (χ1v) is 3.21. The van der Waals surface area contributed by atoms with E-state index in [0.717, 1.165) is 0 Å². The van der Waals surface area contributed by atoms with Crippen LogP contribution in [0, 0.1) is 4.91 Å². The molecule has 0 aliphatic rings. The van der Waals surface area contributed by atoms with Gasteiger partial charge >= 0.3 is 0 Å². The fraction of sp³-hybridized carbons (Fsp3) is 0. The lowest BCUT2D eigenvalue weighted by molar-refractivity contribution is 0.472. The molecule has 5 heteroatoms. The van der Waals surface area contributed by atoms with Crippen molar-refractivity contribution >= 4 is 21.6 Å². The van der Waals surface area contributed by atoms with Crippen molar-refractivity contribution in [3.05, 3.63) is 21.8 Å². The molecule has 10 heavy (non-hydrogen) atoms. The van der Waals surface area contributed by atoms with E-state index in [4.69, 9.17) is 5.11 Å². The van der Waals surface area contributed by atoms with Crippen LogP contribution in [0.3, 0.4) is 0 Å². The summed E-state index contributed by atoms with van der Waals surface area (Å²) in [5.41, 5.74) is -0.0608. The molecule has 1 aromatic rings. The van der Waals surface area contributed by atoms with Gasteiger partial charge in [0.2, 0.25) is 0 Å². The molecule has 0 radical (unpaired) electrons. The number of nitroso groups, excluding NO2 is 1. The molecule has 0 atom stereocenters. The van der Waals surface area contributed by atoms with E-state index in [9.17, 15) is 4.91 Å². The highest BCUT2D eigenvalue weighted by Gasteiger charge is 2.03. The van der Waals surface area contributed by atoms with Gasteiger partial charge in [-0.05, 0) is 21.1 Å². The molecule has 0 amide bonds. The van der Waals surface area contributed by atoms with Gasteiger partial charge in [-0.25, -0.2) is 0 Å². The molecule has 0 fully saturated rings. The lowest BCUT2D eigenvalue weighted by atomic mass is 10.4. The van der Waals surface area contributed by atoms with Crippen LogP contribution in [0.25, 0.3) is 0 Å². The maximum absolute atomic E-state index is 9.91. The quantitative estimate of drug-likeness (QED) is 0.709. The van der Waals surface area contributed by atoms with Crippen LogP contribution in [-0.2, 0) is 0 Å². The van der Waals surface area contributed by atoms with Crippen LogP contribution in [0.4, 0.5) is 5.69 Å². The molecule has 0 aromatic carbocycles. The standard InChI is InChI=1S/C5H3BrN2O2/c6-3-1-7-2-4(8-10)5(3)9/h1-2H,(H,7,9). The molecular weight excluding hydrogens is 200 g/mol. The Morgan fingerprint density at radius 1 is 1.60 bits per heavy atom. The van der Waals surface area contributed by atoms with Crippen molar-refractivity contribution in [2.24, 2.45) is 5.18 Å². The molecule has 0 bridgehead atoms. The molecular formula is C5H3BrN2O2. The van der Waals surface area contributed by atoms with Crippen LogP contribution >= 0.6 is 15.9 Å². The van der Waals surface area contributed by atoms with Crippen LogP contribution in [-0.4, -0.2) is 10.1 Å². The minimum Gasteiger partial charge on any atom is -0.504 e. The Bertz CT molecular complexity index is 264. The Morgan fingerprint density at radius 3 is 2.80 bits per heavy atom. The highest BCUT2D eigenvalue weighted by Crippen LogP contribution is 2.31. The average Bonchev–Trinajstić information content (AvgIpc) is 1.95. The molecule has 52 valence electrons. The zero-order valence-corrected chi connectivity index (χ0v) is 6.37. The molecule has 0 aliphatic heterocycles. The van der Waals surface area contributed by atoms with E-state index in [0.29, 0.717) is 4.47 Å². The third kappa shape index (κ3) is 1.13. The summed E-state index contributed by atoms with van der Waals surface area (Å²) in [7, 11) is 0. The summed E-state index contributed by atoms with van der Waals surface area (Å²) in [6.45, 7) is 0. The summed E-state index contributed by atoms with van der Waals surface area (Å²) in [5.74, 6) is -0.176. The molecule has 0 aliphatic carbocycles. The Labute approximate surface area is 65.0 Å². The largest absolute Gasteiger partial charge is 0.504 e. The fourth-order valence-electron chi connectivity index (χ4n) is 0.485.